The zero-order chi connectivity index (χ0) is 23.2. The first kappa shape index (κ1) is 21.7. The monoisotopic (exact) mass is 497 g/mol. The minimum absolute atomic E-state index is 0.0384. The number of rotatable bonds is 8. The number of aryl methyl sites for hydroxylation is 2. The lowest BCUT2D eigenvalue weighted by Gasteiger charge is -2.25. The molecule has 0 bridgehead atoms. The molecular weight excluding hydrogens is 470 g/mol. The van der Waals surface area contributed by atoms with Crippen molar-refractivity contribution in [1.29, 1.82) is 0 Å². The van der Waals surface area contributed by atoms with Gasteiger partial charge in [0.2, 0.25) is 11.9 Å². The number of amides is 2. The van der Waals surface area contributed by atoms with E-state index in [1.807, 2.05) is 12.3 Å². The Morgan fingerprint density at radius 1 is 1.21 bits per heavy atom. The van der Waals surface area contributed by atoms with Gasteiger partial charge in [0.15, 0.2) is 0 Å². The Morgan fingerprint density at radius 3 is 2.79 bits per heavy atom. The highest BCUT2D eigenvalue weighted by Gasteiger charge is 2.35. The predicted molar refractivity (Wildman–Crippen MR) is 132 cm³/mol. The van der Waals surface area contributed by atoms with Crippen LogP contribution in [0.1, 0.15) is 64.6 Å². The molecule has 2 saturated carbocycles. The summed E-state index contributed by atoms with van der Waals surface area (Å²) in [6.07, 6.45) is 8.45. The van der Waals surface area contributed by atoms with Gasteiger partial charge in [0.1, 0.15) is 11.3 Å². The lowest BCUT2D eigenvalue weighted by molar-refractivity contribution is -0.117. The highest BCUT2D eigenvalue weighted by Crippen LogP contribution is 2.43. The second-order valence-electron chi connectivity index (χ2n) is 9.52. The summed E-state index contributed by atoms with van der Waals surface area (Å²) in [5.41, 5.74) is 3.55. The molecule has 0 unspecified atom stereocenters. The molecule has 0 radical (unpaired) electrons. The van der Waals surface area contributed by atoms with Crippen LogP contribution in [0, 0.1) is 18.8 Å². The van der Waals surface area contributed by atoms with Crippen LogP contribution < -0.4 is 16.0 Å². The van der Waals surface area contributed by atoms with Gasteiger partial charge in [-0.25, -0.2) is 0 Å². The van der Waals surface area contributed by atoms with Gasteiger partial charge in [0.25, 0.3) is 5.91 Å². The number of hydrogen-bond acceptors (Lipinski definition) is 8. The fourth-order valence-corrected chi connectivity index (χ4v) is 6.36. The highest BCUT2D eigenvalue weighted by molar-refractivity contribution is 7.17. The van der Waals surface area contributed by atoms with Crippen LogP contribution in [0.3, 0.4) is 0 Å². The molecule has 0 aliphatic heterocycles. The van der Waals surface area contributed by atoms with Crippen LogP contribution in [0.5, 0.6) is 0 Å². The summed E-state index contributed by atoms with van der Waals surface area (Å²) in [6, 6.07) is 0.119. The van der Waals surface area contributed by atoms with Crippen molar-refractivity contribution in [2.24, 2.45) is 11.8 Å². The molecule has 9 nitrogen and oxygen atoms in total. The van der Waals surface area contributed by atoms with Gasteiger partial charge in [-0.1, -0.05) is 0 Å². The Morgan fingerprint density at radius 2 is 2.06 bits per heavy atom. The summed E-state index contributed by atoms with van der Waals surface area (Å²) < 4.78 is 6.38. The SMILES string of the molecule is Cc1nscc1Nc1nncn1[C@H]1CCc2sc(NC(=O)C3CC3)c(C(=O)NCC3CC3)c2C1. The van der Waals surface area contributed by atoms with E-state index in [4.69, 9.17) is 0 Å². The van der Waals surface area contributed by atoms with Crippen molar-refractivity contribution in [3.8, 4) is 0 Å². The summed E-state index contributed by atoms with van der Waals surface area (Å²) in [6.45, 7) is 2.66. The number of carbonyl (C=O) groups excluding carboxylic acids is 2. The molecule has 0 spiro atoms. The molecule has 3 N–H and O–H groups in total. The third kappa shape index (κ3) is 4.34. The molecule has 6 rings (SSSR count). The molecule has 0 aromatic carbocycles. The zero-order valence-corrected chi connectivity index (χ0v) is 20.6. The minimum Gasteiger partial charge on any atom is -0.352 e. The van der Waals surface area contributed by atoms with E-state index in [2.05, 4.69) is 35.1 Å². The molecule has 3 aromatic heterocycles. The topological polar surface area (TPSA) is 114 Å². The van der Waals surface area contributed by atoms with E-state index < -0.39 is 0 Å². The van der Waals surface area contributed by atoms with Crippen molar-refractivity contribution >= 4 is 51.3 Å². The molecule has 34 heavy (non-hydrogen) atoms. The number of anilines is 3. The van der Waals surface area contributed by atoms with Crippen LogP contribution in [0.2, 0.25) is 0 Å². The average molecular weight is 498 g/mol. The second kappa shape index (κ2) is 8.77. The van der Waals surface area contributed by atoms with Crippen molar-refractivity contribution in [3.05, 3.63) is 33.4 Å². The van der Waals surface area contributed by atoms with Crippen LogP contribution in [-0.2, 0) is 17.6 Å². The Balaban J connectivity index is 1.27. The molecular formula is C23H27N7O2S2. The lowest BCUT2D eigenvalue weighted by atomic mass is 9.91. The van der Waals surface area contributed by atoms with Crippen LogP contribution in [-0.4, -0.2) is 37.5 Å². The minimum atomic E-state index is -0.0711. The van der Waals surface area contributed by atoms with Crippen LogP contribution >= 0.6 is 22.9 Å². The Bertz CT molecular complexity index is 1240. The van der Waals surface area contributed by atoms with Crippen LogP contribution in [0.15, 0.2) is 11.7 Å². The number of fused-ring (bicyclic) bond motifs is 1. The maximum Gasteiger partial charge on any atom is 0.254 e. The normalized spacial score (nSPS) is 19.5. The van der Waals surface area contributed by atoms with E-state index >= 15 is 0 Å². The molecule has 2 amide bonds. The van der Waals surface area contributed by atoms with Crippen molar-refractivity contribution in [3.63, 3.8) is 0 Å². The molecule has 1 atom stereocenters. The number of carbonyl (C=O) groups is 2. The Labute approximate surface area is 205 Å². The second-order valence-corrected chi connectivity index (χ2v) is 11.3. The van der Waals surface area contributed by atoms with Gasteiger partial charge in [0.05, 0.1) is 16.9 Å². The maximum atomic E-state index is 13.3. The standard InChI is InChI=1S/C23H27N7O2S2/c1-12-17(10-33-29-12)26-23-28-25-11-30(23)15-6-7-18-16(8-15)19(21(32)24-9-13-2-3-13)22(34-18)27-20(31)14-4-5-14/h10-11,13-15H,2-9H2,1H3,(H,24,32)(H,26,28)(H,27,31)/t15-/m0/s1. The van der Waals surface area contributed by atoms with Crippen LogP contribution in [0.25, 0.3) is 0 Å². The molecule has 178 valence electrons. The molecule has 3 aliphatic rings. The number of aromatic nitrogens is 4. The largest absolute Gasteiger partial charge is 0.352 e. The third-order valence-corrected chi connectivity index (χ3v) is 8.79. The summed E-state index contributed by atoms with van der Waals surface area (Å²) in [4.78, 5) is 27.0. The van der Waals surface area contributed by atoms with E-state index in [-0.39, 0.29) is 23.8 Å². The molecule has 0 saturated heterocycles. The summed E-state index contributed by atoms with van der Waals surface area (Å²) in [7, 11) is 0. The van der Waals surface area contributed by atoms with Crippen molar-refractivity contribution in [2.45, 2.75) is 57.9 Å². The highest BCUT2D eigenvalue weighted by atomic mass is 32.1. The van der Waals surface area contributed by atoms with E-state index in [9.17, 15) is 9.59 Å². The zero-order valence-electron chi connectivity index (χ0n) is 19.0. The molecule has 3 aromatic rings. The molecule has 3 aliphatic carbocycles. The van der Waals surface area contributed by atoms with E-state index in [0.717, 1.165) is 42.6 Å². The van der Waals surface area contributed by atoms with Crippen LogP contribution in [0.4, 0.5) is 16.6 Å². The molecule has 11 heteroatoms. The first-order valence-corrected chi connectivity index (χ1v) is 13.5. The van der Waals surface area contributed by atoms with E-state index in [1.54, 1.807) is 17.7 Å². The summed E-state index contributed by atoms with van der Waals surface area (Å²) in [5, 5.41) is 20.7. The molecule has 3 heterocycles. The van der Waals surface area contributed by atoms with Crippen molar-refractivity contribution in [1.82, 2.24) is 24.5 Å². The third-order valence-electron chi connectivity index (χ3n) is 6.86. The van der Waals surface area contributed by atoms with Gasteiger partial charge in [-0.05, 0) is 74.9 Å². The van der Waals surface area contributed by atoms with Gasteiger partial charge in [-0.2, -0.15) is 4.37 Å². The quantitative estimate of drug-likeness (QED) is 0.432. The fourth-order valence-electron chi connectivity index (χ4n) is 4.47. The first-order chi connectivity index (χ1) is 16.6. The number of thiophene rings is 1. The first-order valence-electron chi connectivity index (χ1n) is 11.9. The Hall–Kier alpha value is -2.79. The number of nitrogens with one attached hydrogen (secondary N) is 3. The van der Waals surface area contributed by atoms with E-state index in [1.165, 1.54) is 29.3 Å². The van der Waals surface area contributed by atoms with Crippen molar-refractivity contribution < 1.29 is 9.59 Å². The van der Waals surface area contributed by atoms with Gasteiger partial charge < -0.3 is 16.0 Å². The van der Waals surface area contributed by atoms with E-state index in [0.29, 0.717) is 35.4 Å². The Kier molecular flexibility index (Phi) is 5.60. The predicted octanol–water partition coefficient (Wildman–Crippen LogP) is 4.07. The lowest BCUT2D eigenvalue weighted by Crippen LogP contribution is -2.28. The molecule has 2 fully saturated rings. The number of nitrogens with zero attached hydrogens (tertiary/aromatic N) is 4. The summed E-state index contributed by atoms with van der Waals surface area (Å²) >= 11 is 2.97. The smallest absolute Gasteiger partial charge is 0.254 e. The fraction of sp³-hybridized carbons (Fsp3) is 0.522. The summed E-state index contributed by atoms with van der Waals surface area (Å²) in [5.74, 6) is 1.33. The van der Waals surface area contributed by atoms with Crippen molar-refractivity contribution in [2.75, 3.05) is 17.2 Å². The average Bonchev–Trinajstić information content (AvgIpc) is 3.73. The van der Waals surface area contributed by atoms with Gasteiger partial charge in [-0.15, -0.1) is 21.5 Å². The van der Waals surface area contributed by atoms with Gasteiger partial charge >= 0.3 is 0 Å². The van der Waals surface area contributed by atoms with Gasteiger partial charge in [-0.3, -0.25) is 14.2 Å². The van der Waals surface area contributed by atoms with Gasteiger partial charge in [0, 0.05) is 28.8 Å². The number of hydrogen-bond donors (Lipinski definition) is 3. The maximum absolute atomic E-state index is 13.3.